The summed E-state index contributed by atoms with van der Waals surface area (Å²) in [7, 11) is -1.21. The van der Waals surface area contributed by atoms with Gasteiger partial charge >= 0.3 is 0 Å². The summed E-state index contributed by atoms with van der Waals surface area (Å²) in [6.07, 6.45) is 8.66. The fourth-order valence-corrected chi connectivity index (χ4v) is 2.12. The van der Waals surface area contributed by atoms with Gasteiger partial charge in [-0.05, 0) is 28.8 Å². The highest BCUT2D eigenvalue weighted by atomic mass is 79.9. The topological polar surface area (TPSA) is 0 Å². The molecule has 2 heteroatoms. The molecule has 0 amide bonds. The fourth-order valence-electron chi connectivity index (χ4n) is 1.10. The van der Waals surface area contributed by atoms with E-state index in [1.807, 2.05) is 0 Å². The van der Waals surface area contributed by atoms with Crippen molar-refractivity contribution in [3.05, 3.63) is 10.6 Å². The van der Waals surface area contributed by atoms with Crippen LogP contribution in [0.2, 0.25) is 19.6 Å². The van der Waals surface area contributed by atoms with Crippen molar-refractivity contribution in [3.8, 4) is 11.5 Å². The molecule has 86 valence electrons. The molecule has 0 saturated carbocycles. The molecule has 0 spiro atoms. The van der Waals surface area contributed by atoms with Gasteiger partial charge in [-0.2, -0.15) is 0 Å². The van der Waals surface area contributed by atoms with Gasteiger partial charge in [0.2, 0.25) is 0 Å². The highest BCUT2D eigenvalue weighted by Gasteiger charge is 2.07. The Kier molecular flexibility index (Phi) is 8.18. The number of rotatable bonds is 5. The quantitative estimate of drug-likeness (QED) is 0.374. The summed E-state index contributed by atoms with van der Waals surface area (Å²) in [6.45, 7) is 9.04. The predicted molar refractivity (Wildman–Crippen MR) is 76.9 cm³/mol. The van der Waals surface area contributed by atoms with Crippen LogP contribution in [0.3, 0.4) is 0 Å². The third-order valence-corrected chi connectivity index (χ3v) is 3.34. The van der Waals surface area contributed by atoms with Crippen LogP contribution < -0.4 is 0 Å². The van der Waals surface area contributed by atoms with E-state index >= 15 is 0 Å². The van der Waals surface area contributed by atoms with E-state index < -0.39 is 8.07 Å². The third kappa shape index (κ3) is 11.9. The minimum Gasteiger partial charge on any atom is -0.126 e. The first kappa shape index (κ1) is 15.0. The molecule has 0 N–H and O–H groups in total. The number of hydrogen-bond acceptors (Lipinski definition) is 0. The van der Waals surface area contributed by atoms with Crippen molar-refractivity contribution in [2.45, 2.75) is 58.7 Å². The Morgan fingerprint density at radius 3 is 2.40 bits per heavy atom. The molecule has 0 saturated heterocycles. The van der Waals surface area contributed by atoms with Crippen molar-refractivity contribution < 1.29 is 0 Å². The van der Waals surface area contributed by atoms with Gasteiger partial charge in [0.15, 0.2) is 0 Å². The van der Waals surface area contributed by atoms with Gasteiger partial charge in [0.25, 0.3) is 0 Å². The lowest BCUT2D eigenvalue weighted by atomic mass is 10.1. The molecular formula is C13H23BrSi. The molecule has 0 aliphatic rings. The van der Waals surface area contributed by atoms with E-state index in [-0.39, 0.29) is 0 Å². The molecule has 0 nitrogen and oxygen atoms in total. The van der Waals surface area contributed by atoms with Crippen LogP contribution in [0, 0.1) is 11.5 Å². The van der Waals surface area contributed by atoms with Gasteiger partial charge in [0.05, 0.1) is 4.48 Å². The van der Waals surface area contributed by atoms with Crippen LogP contribution in [0.25, 0.3) is 0 Å². The van der Waals surface area contributed by atoms with E-state index in [4.69, 9.17) is 0 Å². The normalized spacial score (nSPS) is 12.2. The van der Waals surface area contributed by atoms with Crippen LogP contribution >= 0.6 is 15.9 Å². The van der Waals surface area contributed by atoms with Crippen molar-refractivity contribution in [3.63, 3.8) is 0 Å². The summed E-state index contributed by atoms with van der Waals surface area (Å²) in [5.74, 6) is 3.20. The molecule has 0 heterocycles. The number of allylic oxidation sites excluding steroid dienone is 2. The average molecular weight is 287 g/mol. The van der Waals surface area contributed by atoms with Crippen LogP contribution in [0.4, 0.5) is 0 Å². The molecule has 0 aromatic rings. The van der Waals surface area contributed by atoms with Gasteiger partial charge in [-0.25, -0.2) is 0 Å². The van der Waals surface area contributed by atoms with E-state index in [0.29, 0.717) is 0 Å². The lowest BCUT2D eigenvalue weighted by Gasteiger charge is -2.02. The molecular weight excluding hydrogens is 264 g/mol. The number of halogens is 1. The molecule has 0 aromatic carbocycles. The molecule has 15 heavy (non-hydrogen) atoms. The lowest BCUT2D eigenvalue weighted by Crippen LogP contribution is -2.16. The highest BCUT2D eigenvalue weighted by Crippen LogP contribution is 2.09. The summed E-state index contributed by atoms with van der Waals surface area (Å²) in [5, 5.41) is 0. The number of unbranched alkanes of at least 4 members (excludes halogenated alkanes) is 4. The zero-order valence-electron chi connectivity index (χ0n) is 10.5. The number of hydrogen-bond donors (Lipinski definition) is 0. The van der Waals surface area contributed by atoms with E-state index in [9.17, 15) is 0 Å². The molecule has 0 radical (unpaired) electrons. The standard InChI is InChI=1S/C13H23BrSi/c1-5-6-7-8-9-10-13(14)11-12-15(2,3)4/h10H,5-9H2,1-4H3/b13-10-. The molecule has 0 bridgehead atoms. The summed E-state index contributed by atoms with van der Waals surface area (Å²) >= 11 is 3.51. The molecule has 0 rings (SSSR count). The molecule has 0 atom stereocenters. The highest BCUT2D eigenvalue weighted by molar-refractivity contribution is 9.12. The van der Waals surface area contributed by atoms with Crippen LogP contribution in [0.1, 0.15) is 39.0 Å². The maximum atomic E-state index is 3.51. The first-order valence-electron chi connectivity index (χ1n) is 5.84. The van der Waals surface area contributed by atoms with Gasteiger partial charge in [0, 0.05) is 0 Å². The van der Waals surface area contributed by atoms with E-state index in [2.05, 4.69) is 60.0 Å². The summed E-state index contributed by atoms with van der Waals surface area (Å²) in [6, 6.07) is 0. The van der Waals surface area contributed by atoms with Crippen LogP contribution in [0.5, 0.6) is 0 Å². The van der Waals surface area contributed by atoms with Gasteiger partial charge in [-0.3, -0.25) is 0 Å². The van der Waals surface area contributed by atoms with Crippen molar-refractivity contribution in [1.29, 1.82) is 0 Å². The second kappa shape index (κ2) is 8.18. The molecule has 0 aliphatic carbocycles. The largest absolute Gasteiger partial charge is 0.129 e. The average Bonchev–Trinajstić information content (AvgIpc) is 2.13. The zero-order chi connectivity index (χ0) is 11.7. The van der Waals surface area contributed by atoms with Crippen LogP contribution in [-0.2, 0) is 0 Å². The van der Waals surface area contributed by atoms with E-state index in [0.717, 1.165) is 10.9 Å². The van der Waals surface area contributed by atoms with Gasteiger partial charge in [-0.15, -0.1) is 5.54 Å². The van der Waals surface area contributed by atoms with Gasteiger partial charge in [-0.1, -0.05) is 57.8 Å². The fraction of sp³-hybridized carbons (Fsp3) is 0.692. The lowest BCUT2D eigenvalue weighted by molar-refractivity contribution is 0.674. The first-order chi connectivity index (χ1) is 6.95. The molecule has 0 fully saturated rings. The minimum atomic E-state index is -1.21. The maximum absolute atomic E-state index is 3.51. The predicted octanol–water partition coefficient (Wildman–Crippen LogP) is 5.12. The maximum Gasteiger partial charge on any atom is 0.129 e. The third-order valence-electron chi connectivity index (χ3n) is 1.94. The van der Waals surface area contributed by atoms with Crippen molar-refractivity contribution >= 4 is 24.0 Å². The Balaban J connectivity index is 3.83. The SMILES string of the molecule is CCCCCC/C=C(\Br)C#C[Si](C)(C)C. The Hall–Kier alpha value is -0.00312. The Labute approximate surface area is 105 Å². The summed E-state index contributed by atoms with van der Waals surface area (Å²) in [4.78, 5) is 0. The van der Waals surface area contributed by atoms with E-state index in [1.165, 1.54) is 25.7 Å². The molecule has 0 unspecified atom stereocenters. The van der Waals surface area contributed by atoms with Gasteiger partial charge < -0.3 is 0 Å². The molecule has 0 aliphatic heterocycles. The Bertz CT molecular complexity index is 250. The second-order valence-corrected chi connectivity index (χ2v) is 10.5. The van der Waals surface area contributed by atoms with Crippen molar-refractivity contribution in [2.75, 3.05) is 0 Å². The van der Waals surface area contributed by atoms with E-state index in [1.54, 1.807) is 0 Å². The second-order valence-electron chi connectivity index (χ2n) is 4.90. The van der Waals surface area contributed by atoms with Crippen LogP contribution in [-0.4, -0.2) is 8.07 Å². The smallest absolute Gasteiger partial charge is 0.126 e. The van der Waals surface area contributed by atoms with Crippen molar-refractivity contribution in [1.82, 2.24) is 0 Å². The Morgan fingerprint density at radius 2 is 1.87 bits per heavy atom. The van der Waals surface area contributed by atoms with Crippen LogP contribution in [0.15, 0.2) is 10.6 Å². The van der Waals surface area contributed by atoms with Gasteiger partial charge in [0.1, 0.15) is 8.07 Å². The monoisotopic (exact) mass is 286 g/mol. The summed E-state index contributed by atoms with van der Waals surface area (Å²) < 4.78 is 1.07. The summed E-state index contributed by atoms with van der Waals surface area (Å²) in [5.41, 5.74) is 3.35. The Morgan fingerprint density at radius 1 is 1.20 bits per heavy atom. The minimum absolute atomic E-state index is 1.07. The molecule has 0 aromatic heterocycles. The van der Waals surface area contributed by atoms with Crippen molar-refractivity contribution in [2.24, 2.45) is 0 Å². The first-order valence-corrected chi connectivity index (χ1v) is 10.1. The zero-order valence-corrected chi connectivity index (χ0v) is 13.1.